The lowest BCUT2D eigenvalue weighted by Gasteiger charge is -2.28. The zero-order valence-electron chi connectivity index (χ0n) is 15.5. The summed E-state index contributed by atoms with van der Waals surface area (Å²) in [4.78, 5) is 12.9. The first-order chi connectivity index (χ1) is 12.3. The number of benzene rings is 1. The molecular weight excluding hydrogens is 326 g/mol. The van der Waals surface area contributed by atoms with Gasteiger partial charge in [-0.1, -0.05) is 45.0 Å². The number of aliphatic hydroxyl groups excluding tert-OH is 1. The van der Waals surface area contributed by atoms with Crippen LogP contribution in [-0.4, -0.2) is 17.1 Å². The van der Waals surface area contributed by atoms with Gasteiger partial charge in [0.05, 0.1) is 5.57 Å². The molecule has 2 atom stereocenters. The molecule has 1 aliphatic heterocycles. The number of hydrogen-bond acceptors (Lipinski definition) is 4. The summed E-state index contributed by atoms with van der Waals surface area (Å²) in [5.41, 5.74) is 9.61. The van der Waals surface area contributed by atoms with Gasteiger partial charge in [-0.05, 0) is 36.0 Å². The Morgan fingerprint density at radius 2 is 2.04 bits per heavy atom. The van der Waals surface area contributed by atoms with Crippen molar-refractivity contribution in [1.82, 2.24) is 5.32 Å². The Labute approximate surface area is 154 Å². The molecule has 0 fully saturated rings. The van der Waals surface area contributed by atoms with Gasteiger partial charge in [-0.15, -0.1) is 0 Å². The molecule has 0 bridgehead atoms. The van der Waals surface area contributed by atoms with Crippen molar-refractivity contribution in [3.05, 3.63) is 65.0 Å². The van der Waals surface area contributed by atoms with Gasteiger partial charge in [-0.2, -0.15) is 0 Å². The number of para-hydroxylation sites is 1. The Hall–Kier alpha value is -2.37. The zero-order valence-corrected chi connectivity index (χ0v) is 15.5. The SMILES string of the molecule is CC(C)(C)C1=CCCC(N)C=C1NC(=O)C1=CNc2ccccc2C1O. The molecule has 0 radical (unpaired) electrons. The molecule has 1 heterocycles. The normalized spacial score (nSPS) is 22.9. The second-order valence-electron chi connectivity index (χ2n) is 7.88. The van der Waals surface area contributed by atoms with Crippen LogP contribution in [0.3, 0.4) is 0 Å². The van der Waals surface area contributed by atoms with Crippen LogP contribution < -0.4 is 16.4 Å². The van der Waals surface area contributed by atoms with Gasteiger partial charge >= 0.3 is 0 Å². The van der Waals surface area contributed by atoms with Gasteiger partial charge < -0.3 is 21.5 Å². The summed E-state index contributed by atoms with van der Waals surface area (Å²) < 4.78 is 0. The average Bonchev–Trinajstić information content (AvgIpc) is 2.76. The van der Waals surface area contributed by atoms with Gasteiger partial charge in [-0.25, -0.2) is 0 Å². The predicted octanol–water partition coefficient (Wildman–Crippen LogP) is 3.12. The molecule has 5 heteroatoms. The van der Waals surface area contributed by atoms with Gasteiger partial charge in [0.2, 0.25) is 0 Å². The standard InChI is InChI=1S/C21H27N3O2/c1-21(2,3)16-9-6-7-13(22)11-18(16)24-20(26)15-12-23-17-10-5-4-8-14(17)19(15)25/h4-5,8-13,19,23,25H,6-7,22H2,1-3H3,(H,24,26). The molecule has 5 nitrogen and oxygen atoms in total. The maximum atomic E-state index is 12.9. The number of anilines is 1. The maximum absolute atomic E-state index is 12.9. The Balaban J connectivity index is 1.86. The van der Waals surface area contributed by atoms with Crippen molar-refractivity contribution < 1.29 is 9.90 Å². The number of carbonyl (C=O) groups excluding carboxylic acids is 1. The quantitative estimate of drug-likeness (QED) is 0.658. The van der Waals surface area contributed by atoms with Crippen LogP contribution >= 0.6 is 0 Å². The lowest BCUT2D eigenvalue weighted by Crippen LogP contribution is -2.33. The number of carbonyl (C=O) groups is 1. The number of nitrogens with one attached hydrogen (secondary N) is 2. The smallest absolute Gasteiger partial charge is 0.256 e. The summed E-state index contributed by atoms with van der Waals surface area (Å²) in [6, 6.07) is 7.31. The lowest BCUT2D eigenvalue weighted by molar-refractivity contribution is -0.117. The summed E-state index contributed by atoms with van der Waals surface area (Å²) >= 11 is 0. The highest BCUT2D eigenvalue weighted by Gasteiger charge is 2.29. The van der Waals surface area contributed by atoms with Gasteiger partial charge in [0.25, 0.3) is 5.91 Å². The van der Waals surface area contributed by atoms with E-state index in [2.05, 4.69) is 37.5 Å². The summed E-state index contributed by atoms with van der Waals surface area (Å²) in [5.74, 6) is -0.324. The minimum absolute atomic E-state index is 0.106. The Morgan fingerprint density at radius 1 is 1.31 bits per heavy atom. The van der Waals surface area contributed by atoms with Crippen molar-refractivity contribution in [2.75, 3.05) is 5.32 Å². The van der Waals surface area contributed by atoms with E-state index in [1.807, 2.05) is 30.3 Å². The fraction of sp³-hybridized carbons (Fsp3) is 0.381. The number of fused-ring (bicyclic) bond motifs is 1. The number of nitrogens with two attached hydrogens (primary N) is 1. The van der Waals surface area contributed by atoms with Crippen LogP contribution in [0.2, 0.25) is 0 Å². The highest BCUT2D eigenvalue weighted by atomic mass is 16.3. The molecular formula is C21H27N3O2. The van der Waals surface area contributed by atoms with Crippen LogP contribution in [0.4, 0.5) is 5.69 Å². The van der Waals surface area contributed by atoms with E-state index in [0.717, 1.165) is 29.8 Å². The molecule has 1 aromatic rings. The molecule has 1 amide bonds. The summed E-state index contributed by atoms with van der Waals surface area (Å²) in [6.45, 7) is 6.34. The van der Waals surface area contributed by atoms with Crippen molar-refractivity contribution >= 4 is 11.6 Å². The van der Waals surface area contributed by atoms with Crippen molar-refractivity contribution in [3.63, 3.8) is 0 Å². The van der Waals surface area contributed by atoms with Gasteiger partial charge in [0.15, 0.2) is 0 Å². The molecule has 0 saturated heterocycles. The van der Waals surface area contributed by atoms with E-state index in [1.54, 1.807) is 6.20 Å². The fourth-order valence-electron chi connectivity index (χ4n) is 3.39. The van der Waals surface area contributed by atoms with Crippen molar-refractivity contribution in [2.24, 2.45) is 11.1 Å². The van der Waals surface area contributed by atoms with E-state index in [4.69, 9.17) is 5.73 Å². The first-order valence-corrected chi connectivity index (χ1v) is 9.00. The van der Waals surface area contributed by atoms with Gasteiger partial charge in [-0.3, -0.25) is 4.79 Å². The molecule has 0 aromatic heterocycles. The molecule has 1 aromatic carbocycles. The second-order valence-corrected chi connectivity index (χ2v) is 7.88. The van der Waals surface area contributed by atoms with Crippen LogP contribution in [0.1, 0.15) is 45.3 Å². The maximum Gasteiger partial charge on any atom is 0.256 e. The van der Waals surface area contributed by atoms with Crippen molar-refractivity contribution in [2.45, 2.75) is 45.8 Å². The van der Waals surface area contributed by atoms with E-state index < -0.39 is 6.10 Å². The van der Waals surface area contributed by atoms with Crippen LogP contribution in [0.5, 0.6) is 0 Å². The number of rotatable bonds is 2. The molecule has 3 rings (SSSR count). The van der Waals surface area contributed by atoms with E-state index >= 15 is 0 Å². The lowest BCUT2D eigenvalue weighted by atomic mass is 9.83. The summed E-state index contributed by atoms with van der Waals surface area (Å²) in [7, 11) is 0. The molecule has 2 aliphatic rings. The molecule has 138 valence electrons. The first kappa shape index (κ1) is 18.4. The number of hydrogen-bond donors (Lipinski definition) is 4. The van der Waals surface area contributed by atoms with Crippen LogP contribution in [-0.2, 0) is 4.79 Å². The van der Waals surface area contributed by atoms with Gasteiger partial charge in [0, 0.05) is 29.2 Å². The van der Waals surface area contributed by atoms with E-state index in [1.165, 1.54) is 0 Å². The second kappa shape index (κ2) is 7.09. The van der Waals surface area contributed by atoms with Crippen molar-refractivity contribution in [3.8, 4) is 0 Å². The Kier molecular flexibility index (Phi) is 5.03. The van der Waals surface area contributed by atoms with Gasteiger partial charge in [0.1, 0.15) is 6.10 Å². The topological polar surface area (TPSA) is 87.4 Å². The predicted molar refractivity (Wildman–Crippen MR) is 104 cm³/mol. The zero-order chi connectivity index (χ0) is 18.9. The van der Waals surface area contributed by atoms with Crippen LogP contribution in [0.25, 0.3) is 0 Å². The number of allylic oxidation sites excluding steroid dienone is 2. The molecule has 0 saturated carbocycles. The van der Waals surface area contributed by atoms with Crippen LogP contribution in [0.15, 0.2) is 59.5 Å². The largest absolute Gasteiger partial charge is 0.383 e. The van der Waals surface area contributed by atoms with Crippen molar-refractivity contribution in [1.29, 1.82) is 0 Å². The third-order valence-corrected chi connectivity index (χ3v) is 4.77. The monoisotopic (exact) mass is 353 g/mol. The average molecular weight is 353 g/mol. The minimum atomic E-state index is -0.963. The third kappa shape index (κ3) is 3.74. The molecule has 1 aliphatic carbocycles. The molecule has 5 N–H and O–H groups in total. The molecule has 2 unspecified atom stereocenters. The number of aliphatic hydroxyl groups is 1. The number of amides is 1. The van der Waals surface area contributed by atoms with Crippen LogP contribution in [0, 0.1) is 5.41 Å². The summed E-state index contributed by atoms with van der Waals surface area (Å²) in [5, 5.41) is 16.7. The fourth-order valence-corrected chi connectivity index (χ4v) is 3.39. The summed E-state index contributed by atoms with van der Waals surface area (Å²) in [6.07, 6.45) is 6.40. The highest BCUT2D eigenvalue weighted by molar-refractivity contribution is 5.97. The van der Waals surface area contributed by atoms with E-state index in [9.17, 15) is 9.90 Å². The third-order valence-electron chi connectivity index (χ3n) is 4.77. The highest BCUT2D eigenvalue weighted by Crippen LogP contribution is 2.35. The first-order valence-electron chi connectivity index (χ1n) is 9.00. The van der Waals surface area contributed by atoms with E-state index in [0.29, 0.717) is 5.56 Å². The Bertz CT molecular complexity index is 800. The molecule has 0 spiro atoms. The molecule has 26 heavy (non-hydrogen) atoms. The van der Waals surface area contributed by atoms with E-state index in [-0.39, 0.29) is 22.9 Å². The Morgan fingerprint density at radius 3 is 2.77 bits per heavy atom. The minimum Gasteiger partial charge on any atom is -0.383 e.